The molecule has 72 valence electrons. The molecule has 0 aromatic rings. The highest BCUT2D eigenvalue weighted by atomic mass is 16.4. The van der Waals surface area contributed by atoms with Gasteiger partial charge in [0.2, 0.25) is 5.91 Å². The molecule has 0 spiro atoms. The molecular weight excluding hydrogens is 174 g/mol. The van der Waals surface area contributed by atoms with Crippen LogP contribution in [-0.2, 0) is 14.4 Å². The molecule has 0 aliphatic heterocycles. The van der Waals surface area contributed by atoms with E-state index in [1.165, 1.54) is 6.92 Å². The van der Waals surface area contributed by atoms with E-state index in [1.54, 1.807) is 0 Å². The third-order valence-corrected chi connectivity index (χ3v) is 1.15. The summed E-state index contributed by atoms with van der Waals surface area (Å²) in [4.78, 5) is 31.1. The van der Waals surface area contributed by atoms with E-state index in [2.05, 4.69) is 5.32 Å². The summed E-state index contributed by atoms with van der Waals surface area (Å²) in [6, 6.07) is 0. The lowest BCUT2D eigenvalue weighted by Gasteiger charge is -1.97. The van der Waals surface area contributed by atoms with E-state index in [-0.39, 0.29) is 18.7 Å². The molecule has 5 nitrogen and oxygen atoms in total. The van der Waals surface area contributed by atoms with E-state index in [0.717, 1.165) is 12.2 Å². The van der Waals surface area contributed by atoms with E-state index in [1.807, 2.05) is 0 Å². The van der Waals surface area contributed by atoms with Crippen LogP contribution >= 0.6 is 0 Å². The van der Waals surface area contributed by atoms with Crippen molar-refractivity contribution in [3.8, 4) is 0 Å². The number of carboxylic acids is 1. The van der Waals surface area contributed by atoms with E-state index in [4.69, 9.17) is 5.11 Å². The van der Waals surface area contributed by atoms with Crippen LogP contribution in [0.1, 0.15) is 13.3 Å². The maximum absolute atomic E-state index is 10.8. The zero-order valence-electron chi connectivity index (χ0n) is 7.24. The monoisotopic (exact) mass is 185 g/mol. The Hall–Kier alpha value is -1.65. The zero-order chi connectivity index (χ0) is 10.3. The predicted molar refractivity (Wildman–Crippen MR) is 45.1 cm³/mol. The van der Waals surface area contributed by atoms with Crippen LogP contribution in [0.2, 0.25) is 0 Å². The SMILES string of the molecule is CC(=O)CCNC(=O)/C=C/C(=O)O. The van der Waals surface area contributed by atoms with Crippen LogP contribution in [0.5, 0.6) is 0 Å². The molecule has 0 saturated heterocycles. The molecule has 0 aromatic heterocycles. The van der Waals surface area contributed by atoms with Crippen LogP contribution in [0.25, 0.3) is 0 Å². The van der Waals surface area contributed by atoms with Crippen molar-refractivity contribution in [3.63, 3.8) is 0 Å². The molecule has 13 heavy (non-hydrogen) atoms. The third kappa shape index (κ3) is 8.25. The fourth-order valence-corrected chi connectivity index (χ4v) is 0.568. The Labute approximate surface area is 75.4 Å². The number of Topliss-reactive ketones (excluding diaryl/α,β-unsaturated/α-hetero) is 1. The van der Waals surface area contributed by atoms with Gasteiger partial charge in [0.1, 0.15) is 5.78 Å². The number of carboxylic acid groups (broad SMARTS) is 1. The number of ketones is 1. The first-order valence-corrected chi connectivity index (χ1v) is 3.70. The number of carbonyl (C=O) groups is 3. The summed E-state index contributed by atoms with van der Waals surface area (Å²) in [6.45, 7) is 1.65. The normalized spacial score (nSPS) is 9.92. The Bertz CT molecular complexity index is 245. The van der Waals surface area contributed by atoms with Crippen LogP contribution in [0.4, 0.5) is 0 Å². The maximum Gasteiger partial charge on any atom is 0.328 e. The highest BCUT2D eigenvalue weighted by Gasteiger charge is 1.97. The lowest BCUT2D eigenvalue weighted by molar-refractivity contribution is -0.131. The molecule has 1 amide bonds. The molecule has 0 atom stereocenters. The molecule has 0 unspecified atom stereocenters. The molecule has 0 aromatic carbocycles. The Morgan fingerprint density at radius 3 is 2.38 bits per heavy atom. The van der Waals surface area contributed by atoms with Gasteiger partial charge in [-0.2, -0.15) is 0 Å². The first-order chi connectivity index (χ1) is 6.02. The van der Waals surface area contributed by atoms with Gasteiger partial charge in [-0.05, 0) is 6.92 Å². The van der Waals surface area contributed by atoms with Gasteiger partial charge in [0.05, 0.1) is 0 Å². The van der Waals surface area contributed by atoms with Crippen molar-refractivity contribution in [2.45, 2.75) is 13.3 Å². The van der Waals surface area contributed by atoms with Crippen molar-refractivity contribution < 1.29 is 19.5 Å². The molecule has 5 heteroatoms. The van der Waals surface area contributed by atoms with Crippen LogP contribution in [0, 0.1) is 0 Å². The van der Waals surface area contributed by atoms with Gasteiger partial charge in [0.25, 0.3) is 0 Å². The van der Waals surface area contributed by atoms with Gasteiger partial charge in [0, 0.05) is 25.1 Å². The number of aliphatic carboxylic acids is 1. The van der Waals surface area contributed by atoms with Crippen molar-refractivity contribution in [2.24, 2.45) is 0 Å². The molecule has 0 saturated carbocycles. The number of carbonyl (C=O) groups excluding carboxylic acids is 2. The average Bonchev–Trinajstić information content (AvgIpc) is 2.00. The second-order valence-corrected chi connectivity index (χ2v) is 2.41. The van der Waals surface area contributed by atoms with Crippen LogP contribution in [0.15, 0.2) is 12.2 Å². The first-order valence-electron chi connectivity index (χ1n) is 3.70. The van der Waals surface area contributed by atoms with Crippen LogP contribution < -0.4 is 5.32 Å². The topological polar surface area (TPSA) is 83.5 Å². The largest absolute Gasteiger partial charge is 0.478 e. The van der Waals surface area contributed by atoms with Crippen molar-refractivity contribution in [1.29, 1.82) is 0 Å². The fraction of sp³-hybridized carbons (Fsp3) is 0.375. The summed E-state index contributed by atoms with van der Waals surface area (Å²) in [6.07, 6.45) is 1.90. The Balaban J connectivity index is 3.64. The summed E-state index contributed by atoms with van der Waals surface area (Å²) in [5, 5.41) is 10.5. The summed E-state index contributed by atoms with van der Waals surface area (Å²) in [7, 11) is 0. The molecule has 0 aliphatic carbocycles. The maximum atomic E-state index is 10.8. The summed E-state index contributed by atoms with van der Waals surface area (Å²) >= 11 is 0. The van der Waals surface area contributed by atoms with Gasteiger partial charge in [0.15, 0.2) is 0 Å². The highest BCUT2D eigenvalue weighted by Crippen LogP contribution is 1.79. The Morgan fingerprint density at radius 2 is 1.92 bits per heavy atom. The van der Waals surface area contributed by atoms with Gasteiger partial charge >= 0.3 is 5.97 Å². The fourth-order valence-electron chi connectivity index (χ4n) is 0.568. The number of nitrogens with one attached hydrogen (secondary N) is 1. The van der Waals surface area contributed by atoms with Gasteiger partial charge in [-0.1, -0.05) is 0 Å². The number of hydrogen-bond acceptors (Lipinski definition) is 3. The average molecular weight is 185 g/mol. The number of amides is 1. The quantitative estimate of drug-likeness (QED) is 0.577. The van der Waals surface area contributed by atoms with E-state index in [0.29, 0.717) is 0 Å². The smallest absolute Gasteiger partial charge is 0.328 e. The minimum Gasteiger partial charge on any atom is -0.478 e. The predicted octanol–water partition coefficient (Wildman–Crippen LogP) is -0.278. The van der Waals surface area contributed by atoms with Gasteiger partial charge in [-0.3, -0.25) is 9.59 Å². The van der Waals surface area contributed by atoms with Gasteiger partial charge in [-0.25, -0.2) is 4.79 Å². The molecule has 2 N–H and O–H groups in total. The molecule has 0 rings (SSSR count). The minimum atomic E-state index is -1.18. The van der Waals surface area contributed by atoms with Crippen molar-refractivity contribution in [2.75, 3.05) is 6.54 Å². The van der Waals surface area contributed by atoms with Crippen molar-refractivity contribution in [3.05, 3.63) is 12.2 Å². The Morgan fingerprint density at radius 1 is 1.31 bits per heavy atom. The van der Waals surface area contributed by atoms with Gasteiger partial charge in [-0.15, -0.1) is 0 Å². The molecule has 0 aliphatic rings. The number of rotatable bonds is 5. The molecular formula is C8H11NO4. The Kier molecular flexibility index (Phi) is 5.18. The summed E-state index contributed by atoms with van der Waals surface area (Å²) < 4.78 is 0. The molecule has 0 radical (unpaired) electrons. The lowest BCUT2D eigenvalue weighted by atomic mass is 10.3. The third-order valence-electron chi connectivity index (χ3n) is 1.15. The zero-order valence-corrected chi connectivity index (χ0v) is 7.24. The second-order valence-electron chi connectivity index (χ2n) is 2.41. The standard InChI is InChI=1S/C8H11NO4/c1-6(10)4-5-9-7(11)2-3-8(12)13/h2-3H,4-5H2,1H3,(H,9,11)(H,12,13)/b3-2+. The second kappa shape index (κ2) is 5.93. The minimum absolute atomic E-state index is 0.0254. The lowest BCUT2D eigenvalue weighted by Crippen LogP contribution is -2.23. The molecule has 0 fully saturated rings. The van der Waals surface area contributed by atoms with E-state index in [9.17, 15) is 14.4 Å². The van der Waals surface area contributed by atoms with Crippen LogP contribution in [-0.4, -0.2) is 29.3 Å². The van der Waals surface area contributed by atoms with Crippen LogP contribution in [0.3, 0.4) is 0 Å². The van der Waals surface area contributed by atoms with Crippen molar-refractivity contribution >= 4 is 17.7 Å². The highest BCUT2D eigenvalue weighted by molar-refractivity contribution is 5.94. The summed E-state index contributed by atoms with van der Waals surface area (Å²) in [5.41, 5.74) is 0. The van der Waals surface area contributed by atoms with Crippen molar-refractivity contribution in [1.82, 2.24) is 5.32 Å². The molecule has 0 heterocycles. The molecule has 0 bridgehead atoms. The van der Waals surface area contributed by atoms with Gasteiger partial charge < -0.3 is 10.4 Å². The first kappa shape index (κ1) is 11.4. The summed E-state index contributed by atoms with van der Waals surface area (Å²) in [5.74, 6) is -1.71. The number of hydrogen-bond donors (Lipinski definition) is 2. The van der Waals surface area contributed by atoms with E-state index >= 15 is 0 Å². The van der Waals surface area contributed by atoms with E-state index < -0.39 is 11.9 Å².